The Morgan fingerprint density at radius 1 is 1.05 bits per heavy atom. The summed E-state index contributed by atoms with van der Waals surface area (Å²) in [5, 5.41) is 2.86. The van der Waals surface area contributed by atoms with Crippen LogP contribution in [0.15, 0.2) is 42.5 Å². The van der Waals surface area contributed by atoms with Crippen molar-refractivity contribution in [1.29, 1.82) is 0 Å². The third-order valence-corrected chi connectivity index (χ3v) is 5.18. The summed E-state index contributed by atoms with van der Waals surface area (Å²) in [6.45, 7) is 0. The molecule has 1 aliphatic carbocycles. The van der Waals surface area contributed by atoms with E-state index in [4.69, 9.17) is 11.6 Å². The fourth-order valence-electron chi connectivity index (χ4n) is 3.49. The number of alkyl halides is 1. The van der Waals surface area contributed by atoms with E-state index in [0.29, 0.717) is 12.3 Å². The van der Waals surface area contributed by atoms with Gasteiger partial charge in [0.15, 0.2) is 0 Å². The molecule has 0 saturated heterocycles. The van der Waals surface area contributed by atoms with Crippen molar-refractivity contribution in [3.8, 4) is 0 Å². The lowest BCUT2D eigenvalue weighted by Gasteiger charge is -2.18. The van der Waals surface area contributed by atoms with Crippen LogP contribution < -0.4 is 5.32 Å². The van der Waals surface area contributed by atoms with E-state index in [-0.39, 0.29) is 11.3 Å². The number of carbonyl (C=O) groups excluding carboxylic acids is 1. The quantitative estimate of drug-likeness (QED) is 0.838. The van der Waals surface area contributed by atoms with Gasteiger partial charge in [0.05, 0.1) is 11.8 Å². The molecule has 1 aliphatic heterocycles. The van der Waals surface area contributed by atoms with Crippen molar-refractivity contribution in [3.63, 3.8) is 0 Å². The highest BCUT2D eigenvalue weighted by Crippen LogP contribution is 2.40. The third-order valence-electron chi connectivity index (χ3n) is 4.57. The third kappa shape index (κ3) is 2.24. The zero-order valence-electron chi connectivity index (χ0n) is 11.6. The van der Waals surface area contributed by atoms with Crippen LogP contribution in [-0.4, -0.2) is 5.91 Å². The topological polar surface area (TPSA) is 29.1 Å². The summed E-state index contributed by atoms with van der Waals surface area (Å²) in [4.78, 5) is 11.4. The molecule has 0 radical (unpaired) electrons. The molecule has 1 atom stereocenters. The molecule has 3 heteroatoms. The van der Waals surface area contributed by atoms with E-state index < -0.39 is 0 Å². The molecule has 106 valence electrons. The van der Waals surface area contributed by atoms with Gasteiger partial charge < -0.3 is 5.32 Å². The predicted molar refractivity (Wildman–Crippen MR) is 84.7 cm³/mol. The number of amides is 1. The first-order chi connectivity index (χ1) is 10.2. The summed E-state index contributed by atoms with van der Waals surface area (Å²) in [6, 6.07) is 14.7. The van der Waals surface area contributed by atoms with E-state index in [1.54, 1.807) is 0 Å². The van der Waals surface area contributed by atoms with Crippen molar-refractivity contribution in [2.24, 2.45) is 5.92 Å². The maximum absolute atomic E-state index is 11.4. The molecule has 1 N–H and O–H groups in total. The second-order valence-electron chi connectivity index (χ2n) is 5.98. The van der Waals surface area contributed by atoms with Crippen LogP contribution >= 0.6 is 11.6 Å². The first-order valence-electron chi connectivity index (χ1n) is 7.34. The number of fused-ring (bicyclic) bond motifs is 2. The molecule has 2 aliphatic rings. The van der Waals surface area contributed by atoms with E-state index in [2.05, 4.69) is 35.6 Å². The lowest BCUT2D eigenvalue weighted by Crippen LogP contribution is -2.08. The van der Waals surface area contributed by atoms with Gasteiger partial charge in [-0.25, -0.2) is 0 Å². The molecule has 0 fully saturated rings. The molecule has 2 aromatic carbocycles. The van der Waals surface area contributed by atoms with Crippen molar-refractivity contribution >= 4 is 23.2 Å². The first-order valence-corrected chi connectivity index (χ1v) is 7.78. The van der Waals surface area contributed by atoms with Gasteiger partial charge in [0.2, 0.25) is 5.91 Å². The van der Waals surface area contributed by atoms with Crippen LogP contribution in [0, 0.1) is 5.92 Å². The van der Waals surface area contributed by atoms with Gasteiger partial charge in [-0.05, 0) is 47.1 Å². The van der Waals surface area contributed by atoms with Crippen LogP contribution in [0.2, 0.25) is 0 Å². The van der Waals surface area contributed by atoms with Crippen molar-refractivity contribution in [2.45, 2.75) is 24.6 Å². The molecule has 1 amide bonds. The van der Waals surface area contributed by atoms with Crippen LogP contribution in [0.3, 0.4) is 0 Å². The number of hydrogen-bond acceptors (Lipinski definition) is 1. The molecule has 0 bridgehead atoms. The number of benzene rings is 2. The van der Waals surface area contributed by atoms with E-state index in [1.807, 2.05) is 12.1 Å². The number of rotatable bonds is 2. The molecule has 0 aromatic heterocycles. The Morgan fingerprint density at radius 3 is 2.48 bits per heavy atom. The molecule has 1 heterocycles. The summed E-state index contributed by atoms with van der Waals surface area (Å²) in [5.41, 5.74) is 5.98. The fourth-order valence-corrected chi connectivity index (χ4v) is 3.81. The van der Waals surface area contributed by atoms with Crippen LogP contribution in [0.4, 0.5) is 5.69 Å². The summed E-state index contributed by atoms with van der Waals surface area (Å²) >= 11 is 6.74. The number of halogens is 1. The van der Waals surface area contributed by atoms with Gasteiger partial charge in [-0.1, -0.05) is 36.4 Å². The Balaban J connectivity index is 1.58. The Labute approximate surface area is 129 Å². The second kappa shape index (κ2) is 4.88. The molecule has 0 saturated carbocycles. The van der Waals surface area contributed by atoms with E-state index in [0.717, 1.165) is 29.7 Å². The minimum absolute atomic E-state index is 0.00148. The summed E-state index contributed by atoms with van der Waals surface area (Å²) < 4.78 is 0. The van der Waals surface area contributed by atoms with E-state index in [1.165, 1.54) is 11.1 Å². The Bertz CT molecular complexity index is 700. The lowest BCUT2D eigenvalue weighted by atomic mass is 9.94. The predicted octanol–water partition coefficient (Wildman–Crippen LogP) is 3.88. The van der Waals surface area contributed by atoms with Crippen molar-refractivity contribution in [1.82, 2.24) is 0 Å². The number of hydrogen-bond donors (Lipinski definition) is 1. The molecular weight excluding hydrogens is 282 g/mol. The normalized spacial score (nSPS) is 18.2. The highest BCUT2D eigenvalue weighted by Gasteiger charge is 2.29. The van der Waals surface area contributed by atoms with Gasteiger partial charge in [0.1, 0.15) is 0 Å². The first kappa shape index (κ1) is 12.9. The SMILES string of the molecule is O=C1Cc2cc(C(Cl)C3Cc4ccccc4C3)ccc2N1. The monoisotopic (exact) mass is 297 g/mol. The zero-order chi connectivity index (χ0) is 14.4. The van der Waals surface area contributed by atoms with Gasteiger partial charge >= 0.3 is 0 Å². The molecule has 2 aromatic rings. The average Bonchev–Trinajstić information content (AvgIpc) is 3.07. The maximum Gasteiger partial charge on any atom is 0.228 e. The Morgan fingerprint density at radius 2 is 1.76 bits per heavy atom. The molecule has 1 unspecified atom stereocenters. The minimum atomic E-state index is -0.00148. The molecule has 21 heavy (non-hydrogen) atoms. The highest BCUT2D eigenvalue weighted by molar-refractivity contribution is 6.21. The summed E-state index contributed by atoms with van der Waals surface area (Å²) in [5.74, 6) is 0.508. The fraction of sp³-hybridized carbons (Fsp3) is 0.278. The number of carbonyl (C=O) groups is 1. The molecular formula is C18H16ClNO. The second-order valence-corrected chi connectivity index (χ2v) is 6.45. The highest BCUT2D eigenvalue weighted by atomic mass is 35.5. The number of nitrogens with one attached hydrogen (secondary N) is 1. The van der Waals surface area contributed by atoms with Gasteiger partial charge in [-0.3, -0.25) is 4.79 Å². The molecule has 0 spiro atoms. The maximum atomic E-state index is 11.4. The van der Waals surface area contributed by atoms with Crippen molar-refractivity contribution in [2.75, 3.05) is 5.32 Å². The Hall–Kier alpha value is -1.80. The van der Waals surface area contributed by atoms with Gasteiger partial charge in [0, 0.05) is 5.69 Å². The van der Waals surface area contributed by atoms with Gasteiger partial charge in [0.25, 0.3) is 0 Å². The number of anilines is 1. The van der Waals surface area contributed by atoms with E-state index >= 15 is 0 Å². The Kier molecular flexibility index (Phi) is 3.00. The van der Waals surface area contributed by atoms with Crippen LogP contribution in [0.5, 0.6) is 0 Å². The minimum Gasteiger partial charge on any atom is -0.326 e. The van der Waals surface area contributed by atoms with E-state index in [9.17, 15) is 4.79 Å². The van der Waals surface area contributed by atoms with Crippen LogP contribution in [0.1, 0.15) is 27.6 Å². The van der Waals surface area contributed by atoms with Crippen LogP contribution in [0.25, 0.3) is 0 Å². The smallest absolute Gasteiger partial charge is 0.228 e. The standard InChI is InChI=1S/C18H16ClNO/c19-18(15-7-11-3-1-2-4-12(11)8-15)13-5-6-16-14(9-13)10-17(21)20-16/h1-6,9,15,18H,7-8,10H2,(H,20,21). The summed E-state index contributed by atoms with van der Waals surface area (Å²) in [6.07, 6.45) is 2.55. The van der Waals surface area contributed by atoms with Gasteiger partial charge in [-0.2, -0.15) is 0 Å². The zero-order valence-corrected chi connectivity index (χ0v) is 12.4. The largest absolute Gasteiger partial charge is 0.326 e. The molecule has 2 nitrogen and oxygen atoms in total. The van der Waals surface area contributed by atoms with Crippen molar-refractivity contribution in [3.05, 3.63) is 64.7 Å². The van der Waals surface area contributed by atoms with Crippen molar-refractivity contribution < 1.29 is 4.79 Å². The average molecular weight is 298 g/mol. The lowest BCUT2D eigenvalue weighted by molar-refractivity contribution is -0.115. The summed E-state index contributed by atoms with van der Waals surface area (Å²) in [7, 11) is 0. The van der Waals surface area contributed by atoms with Gasteiger partial charge in [-0.15, -0.1) is 11.6 Å². The molecule has 4 rings (SSSR count). The van der Waals surface area contributed by atoms with Crippen LogP contribution in [-0.2, 0) is 24.1 Å².